The number of rotatable bonds is 4. The summed E-state index contributed by atoms with van der Waals surface area (Å²) in [5.74, 6) is 1.06. The van der Waals surface area contributed by atoms with Crippen LogP contribution in [0.4, 0.5) is 11.4 Å². The van der Waals surface area contributed by atoms with Gasteiger partial charge in [-0.1, -0.05) is 23.2 Å². The quantitative estimate of drug-likeness (QED) is 0.891. The highest BCUT2D eigenvalue weighted by atomic mass is 35.5. The van der Waals surface area contributed by atoms with Gasteiger partial charge in [0.2, 0.25) is 0 Å². The summed E-state index contributed by atoms with van der Waals surface area (Å²) in [4.78, 5) is 0. The van der Waals surface area contributed by atoms with Crippen molar-refractivity contribution < 1.29 is 9.47 Å². The van der Waals surface area contributed by atoms with E-state index in [-0.39, 0.29) is 0 Å². The molecule has 0 saturated heterocycles. The van der Waals surface area contributed by atoms with Gasteiger partial charge in [-0.2, -0.15) is 5.26 Å². The van der Waals surface area contributed by atoms with E-state index in [0.29, 0.717) is 38.5 Å². The van der Waals surface area contributed by atoms with Gasteiger partial charge in [-0.15, -0.1) is 0 Å². The Balaban J connectivity index is 2.44. The molecule has 0 saturated carbocycles. The van der Waals surface area contributed by atoms with E-state index >= 15 is 0 Å². The highest BCUT2D eigenvalue weighted by Crippen LogP contribution is 2.38. The van der Waals surface area contributed by atoms with Gasteiger partial charge in [0.15, 0.2) is 0 Å². The maximum atomic E-state index is 9.16. The Labute approximate surface area is 132 Å². The number of anilines is 2. The number of nitriles is 1. The summed E-state index contributed by atoms with van der Waals surface area (Å²) in [7, 11) is 3.07. The largest absolute Gasteiger partial charge is 0.495 e. The molecule has 0 aromatic heterocycles. The van der Waals surface area contributed by atoms with Crippen LogP contribution < -0.4 is 14.8 Å². The van der Waals surface area contributed by atoms with Crippen molar-refractivity contribution in [1.29, 1.82) is 5.26 Å². The van der Waals surface area contributed by atoms with Gasteiger partial charge < -0.3 is 14.8 Å². The van der Waals surface area contributed by atoms with Gasteiger partial charge in [0.25, 0.3) is 0 Å². The Bertz CT molecular complexity index is 712. The predicted molar refractivity (Wildman–Crippen MR) is 84.0 cm³/mol. The Morgan fingerprint density at radius 1 is 1.00 bits per heavy atom. The first-order valence-corrected chi connectivity index (χ1v) is 6.72. The zero-order valence-electron chi connectivity index (χ0n) is 11.4. The number of hydrogen-bond donors (Lipinski definition) is 1. The van der Waals surface area contributed by atoms with Crippen molar-refractivity contribution in [2.24, 2.45) is 0 Å². The first-order chi connectivity index (χ1) is 10.1. The molecule has 0 radical (unpaired) electrons. The van der Waals surface area contributed by atoms with Gasteiger partial charge in [0.05, 0.1) is 36.2 Å². The minimum absolute atomic E-state index is 0.427. The maximum Gasteiger partial charge on any atom is 0.146 e. The molecule has 0 unspecified atom stereocenters. The van der Waals surface area contributed by atoms with E-state index in [0.717, 1.165) is 0 Å². The van der Waals surface area contributed by atoms with E-state index in [9.17, 15) is 0 Å². The summed E-state index contributed by atoms with van der Waals surface area (Å²) >= 11 is 12.0. The molecule has 0 aliphatic heterocycles. The van der Waals surface area contributed by atoms with Crippen molar-refractivity contribution in [2.75, 3.05) is 19.5 Å². The van der Waals surface area contributed by atoms with Crippen LogP contribution >= 0.6 is 23.2 Å². The second-order valence-electron chi connectivity index (χ2n) is 4.11. The van der Waals surface area contributed by atoms with Gasteiger partial charge >= 0.3 is 0 Å². The summed E-state index contributed by atoms with van der Waals surface area (Å²) in [6.07, 6.45) is 0. The Morgan fingerprint density at radius 3 is 2.33 bits per heavy atom. The van der Waals surface area contributed by atoms with Crippen LogP contribution in [-0.2, 0) is 0 Å². The van der Waals surface area contributed by atoms with Crippen molar-refractivity contribution in [3.05, 3.63) is 45.9 Å². The molecule has 0 bridgehead atoms. The summed E-state index contributed by atoms with van der Waals surface area (Å²) < 4.78 is 10.4. The smallest absolute Gasteiger partial charge is 0.146 e. The van der Waals surface area contributed by atoms with Crippen LogP contribution in [0.1, 0.15) is 5.56 Å². The van der Waals surface area contributed by atoms with Crippen LogP contribution in [0.3, 0.4) is 0 Å². The average Bonchev–Trinajstić information content (AvgIpc) is 2.49. The van der Waals surface area contributed by atoms with Gasteiger partial charge in [0, 0.05) is 11.1 Å². The third kappa shape index (κ3) is 3.33. The third-order valence-electron chi connectivity index (χ3n) is 2.85. The van der Waals surface area contributed by atoms with Crippen molar-refractivity contribution in [3.63, 3.8) is 0 Å². The fourth-order valence-corrected chi connectivity index (χ4v) is 2.23. The topological polar surface area (TPSA) is 54.3 Å². The summed E-state index contributed by atoms with van der Waals surface area (Å²) in [6, 6.07) is 10.4. The number of benzene rings is 2. The van der Waals surface area contributed by atoms with Crippen molar-refractivity contribution >= 4 is 34.6 Å². The van der Waals surface area contributed by atoms with E-state index in [1.54, 1.807) is 37.4 Å². The minimum Gasteiger partial charge on any atom is -0.495 e. The molecule has 0 aliphatic rings. The highest BCUT2D eigenvalue weighted by molar-refractivity contribution is 6.32. The molecule has 2 rings (SSSR count). The zero-order chi connectivity index (χ0) is 15.4. The number of nitrogens with one attached hydrogen (secondary N) is 1. The zero-order valence-corrected chi connectivity index (χ0v) is 12.9. The standard InChI is InChI=1S/C15H12Cl2N2O2/c1-20-14-7-15(21-2)13(6-11(14)17)19-12-4-3-10(16)5-9(12)8-18/h3-7,19H,1-2H3. The van der Waals surface area contributed by atoms with Crippen LogP contribution in [0.2, 0.25) is 10.0 Å². The van der Waals surface area contributed by atoms with Crippen molar-refractivity contribution in [1.82, 2.24) is 0 Å². The molecule has 0 atom stereocenters. The molecular weight excluding hydrogens is 311 g/mol. The molecule has 0 amide bonds. The fourth-order valence-electron chi connectivity index (χ4n) is 1.82. The Hall–Kier alpha value is -2.09. The van der Waals surface area contributed by atoms with Gasteiger partial charge in [-0.25, -0.2) is 0 Å². The number of hydrogen-bond acceptors (Lipinski definition) is 4. The molecule has 2 aromatic rings. The van der Waals surface area contributed by atoms with Crippen LogP contribution in [0.25, 0.3) is 0 Å². The van der Waals surface area contributed by atoms with Crippen LogP contribution in [0.5, 0.6) is 11.5 Å². The summed E-state index contributed by atoms with van der Waals surface area (Å²) in [5.41, 5.74) is 1.67. The lowest BCUT2D eigenvalue weighted by Gasteiger charge is -2.14. The molecule has 6 heteroatoms. The Morgan fingerprint density at radius 2 is 1.71 bits per heavy atom. The molecule has 0 aliphatic carbocycles. The SMILES string of the molecule is COc1cc(OC)c(Nc2ccc(Cl)cc2C#N)cc1Cl. The fraction of sp³-hybridized carbons (Fsp3) is 0.133. The molecule has 21 heavy (non-hydrogen) atoms. The van der Waals surface area contributed by atoms with Gasteiger partial charge in [-0.05, 0) is 24.3 Å². The van der Waals surface area contributed by atoms with Crippen molar-refractivity contribution in [3.8, 4) is 17.6 Å². The lowest BCUT2D eigenvalue weighted by atomic mass is 10.2. The molecule has 0 spiro atoms. The first-order valence-electron chi connectivity index (χ1n) is 5.97. The predicted octanol–water partition coefficient (Wildman–Crippen LogP) is 4.63. The monoisotopic (exact) mass is 322 g/mol. The van der Waals surface area contributed by atoms with E-state index in [4.69, 9.17) is 37.9 Å². The molecule has 0 heterocycles. The third-order valence-corrected chi connectivity index (χ3v) is 3.38. The number of halogens is 2. The second kappa shape index (κ2) is 6.57. The van der Waals surface area contributed by atoms with Crippen molar-refractivity contribution in [2.45, 2.75) is 0 Å². The molecule has 1 N–H and O–H groups in total. The highest BCUT2D eigenvalue weighted by Gasteiger charge is 2.12. The van der Waals surface area contributed by atoms with Crippen LogP contribution in [-0.4, -0.2) is 14.2 Å². The number of nitrogens with zero attached hydrogens (tertiary/aromatic N) is 1. The molecule has 2 aromatic carbocycles. The normalized spacial score (nSPS) is 9.86. The van der Waals surface area contributed by atoms with E-state index in [2.05, 4.69) is 11.4 Å². The van der Waals surface area contributed by atoms with Crippen LogP contribution in [0.15, 0.2) is 30.3 Å². The molecular formula is C15H12Cl2N2O2. The first kappa shape index (κ1) is 15.3. The number of ether oxygens (including phenoxy) is 2. The lowest BCUT2D eigenvalue weighted by Crippen LogP contribution is -1.98. The summed E-state index contributed by atoms with van der Waals surface area (Å²) in [5, 5.41) is 13.2. The van der Waals surface area contributed by atoms with Gasteiger partial charge in [0.1, 0.15) is 17.6 Å². The maximum absolute atomic E-state index is 9.16. The van der Waals surface area contributed by atoms with E-state index in [1.807, 2.05) is 0 Å². The molecule has 108 valence electrons. The molecule has 0 fully saturated rings. The average molecular weight is 323 g/mol. The van der Waals surface area contributed by atoms with Crippen LogP contribution in [0, 0.1) is 11.3 Å². The lowest BCUT2D eigenvalue weighted by molar-refractivity contribution is 0.396. The summed E-state index contributed by atoms with van der Waals surface area (Å²) in [6.45, 7) is 0. The van der Waals surface area contributed by atoms with E-state index in [1.165, 1.54) is 7.11 Å². The second-order valence-corrected chi connectivity index (χ2v) is 4.96. The molecule has 4 nitrogen and oxygen atoms in total. The Kier molecular flexibility index (Phi) is 4.79. The van der Waals surface area contributed by atoms with Gasteiger partial charge in [-0.3, -0.25) is 0 Å². The minimum atomic E-state index is 0.427. The van der Waals surface area contributed by atoms with E-state index < -0.39 is 0 Å². The number of methoxy groups -OCH3 is 2.